The lowest BCUT2D eigenvalue weighted by molar-refractivity contribution is 0.308. The predicted octanol–water partition coefficient (Wildman–Crippen LogP) is 3.95. The van der Waals surface area contributed by atoms with Crippen LogP contribution in [0.15, 0.2) is 47.7 Å². The zero-order valence-corrected chi connectivity index (χ0v) is 20.2. The van der Waals surface area contributed by atoms with Crippen LogP contribution in [-0.2, 0) is 12.8 Å². The topological polar surface area (TPSA) is 103 Å². The normalized spacial score (nSPS) is 11.3. The Morgan fingerprint density at radius 2 is 1.79 bits per heavy atom. The summed E-state index contributed by atoms with van der Waals surface area (Å²) in [6.07, 6.45) is 6.39. The highest BCUT2D eigenvalue weighted by Crippen LogP contribution is 2.34. The van der Waals surface area contributed by atoms with Crippen molar-refractivity contribution in [3.63, 3.8) is 0 Å². The number of aromatic amines is 3. The van der Waals surface area contributed by atoms with Crippen LogP contribution in [0.4, 0.5) is 0 Å². The molecule has 8 heteroatoms. The lowest BCUT2D eigenvalue weighted by atomic mass is 9.95. The van der Waals surface area contributed by atoms with Crippen molar-refractivity contribution >= 4 is 0 Å². The van der Waals surface area contributed by atoms with Gasteiger partial charge < -0.3 is 19.7 Å². The van der Waals surface area contributed by atoms with E-state index >= 15 is 0 Å². The fourth-order valence-corrected chi connectivity index (χ4v) is 4.47. The minimum atomic E-state index is -0.209. The van der Waals surface area contributed by atoms with Gasteiger partial charge in [-0.3, -0.25) is 19.9 Å². The van der Waals surface area contributed by atoms with Crippen molar-refractivity contribution in [2.45, 2.75) is 33.6 Å². The van der Waals surface area contributed by atoms with Gasteiger partial charge in [-0.2, -0.15) is 0 Å². The molecule has 0 saturated heterocycles. The van der Waals surface area contributed by atoms with E-state index < -0.39 is 0 Å². The van der Waals surface area contributed by atoms with Gasteiger partial charge in [-0.05, 0) is 49.7 Å². The molecular weight excluding hydrogens is 428 g/mol. The summed E-state index contributed by atoms with van der Waals surface area (Å²) < 4.78 is 5.37. The van der Waals surface area contributed by atoms with Gasteiger partial charge in [0.15, 0.2) is 0 Å². The second kappa shape index (κ2) is 10.5. The molecule has 0 unspecified atom stereocenters. The van der Waals surface area contributed by atoms with Crippen LogP contribution >= 0.6 is 0 Å². The van der Waals surface area contributed by atoms with Crippen molar-refractivity contribution in [3.05, 3.63) is 75.9 Å². The Bertz CT molecular complexity index is 1280. The molecule has 0 saturated carbocycles. The van der Waals surface area contributed by atoms with E-state index in [1.807, 2.05) is 12.1 Å². The summed E-state index contributed by atoms with van der Waals surface area (Å²) in [6.45, 7) is 9.56. The van der Waals surface area contributed by atoms with E-state index in [2.05, 4.69) is 63.0 Å². The second-order valence-corrected chi connectivity index (χ2v) is 8.27. The average molecular weight is 461 g/mol. The van der Waals surface area contributed by atoms with E-state index in [4.69, 9.17) is 4.74 Å². The van der Waals surface area contributed by atoms with Gasteiger partial charge in [-0.25, -0.2) is 0 Å². The van der Waals surface area contributed by atoms with Crippen LogP contribution in [0.2, 0.25) is 0 Å². The Balaban J connectivity index is 1.78. The molecule has 0 fully saturated rings. The fourth-order valence-electron chi connectivity index (χ4n) is 4.47. The molecule has 3 aromatic heterocycles. The first-order valence-corrected chi connectivity index (χ1v) is 11.7. The number of benzene rings is 1. The fraction of sp³-hybridized carbons (Fsp3) is 0.346. The van der Waals surface area contributed by atoms with Gasteiger partial charge in [0, 0.05) is 48.5 Å². The molecule has 0 radical (unpaired) electrons. The lowest BCUT2D eigenvalue weighted by Gasteiger charge is -2.18. The zero-order valence-electron chi connectivity index (χ0n) is 20.2. The summed E-state index contributed by atoms with van der Waals surface area (Å²) in [5.74, 6) is 0.824. The highest BCUT2D eigenvalue weighted by atomic mass is 16.5. The Labute approximate surface area is 199 Å². The maximum Gasteiger partial charge on any atom is 0.273 e. The number of likely N-dealkylation sites (N-methyl/N-ethyl adjacent to an activating group) is 1. The third-order valence-electron chi connectivity index (χ3n) is 6.37. The molecule has 0 atom stereocenters. The highest BCUT2D eigenvalue weighted by Gasteiger charge is 2.21. The Morgan fingerprint density at radius 3 is 2.44 bits per heavy atom. The molecule has 34 heavy (non-hydrogen) atoms. The number of methoxy groups -OCH3 is 1. The molecule has 3 N–H and O–H groups in total. The van der Waals surface area contributed by atoms with E-state index in [9.17, 15) is 4.79 Å². The summed E-state index contributed by atoms with van der Waals surface area (Å²) in [5.41, 5.74) is 7.44. The number of nitrogens with zero attached hydrogens (tertiary/aromatic N) is 3. The Hall–Kier alpha value is -3.65. The molecule has 0 bridgehead atoms. The van der Waals surface area contributed by atoms with E-state index in [1.54, 1.807) is 25.7 Å². The largest absolute Gasteiger partial charge is 0.497 e. The van der Waals surface area contributed by atoms with Gasteiger partial charge in [0.25, 0.3) is 5.56 Å². The van der Waals surface area contributed by atoms with Crippen LogP contribution < -0.4 is 10.3 Å². The van der Waals surface area contributed by atoms with Gasteiger partial charge in [0.05, 0.1) is 24.1 Å². The van der Waals surface area contributed by atoms with E-state index in [0.717, 1.165) is 54.4 Å². The number of aromatic nitrogens is 5. The van der Waals surface area contributed by atoms with Crippen LogP contribution in [-0.4, -0.2) is 56.8 Å². The number of nitrogens with one attached hydrogen (secondary N) is 3. The van der Waals surface area contributed by atoms with Crippen molar-refractivity contribution in [1.29, 1.82) is 0 Å². The first kappa shape index (κ1) is 23.5. The minimum Gasteiger partial charge on any atom is -0.497 e. The van der Waals surface area contributed by atoms with Crippen molar-refractivity contribution in [3.8, 4) is 28.1 Å². The average Bonchev–Trinajstić information content (AvgIpc) is 3.42. The Kier molecular flexibility index (Phi) is 7.27. The molecule has 0 aliphatic heterocycles. The molecule has 3 heterocycles. The van der Waals surface area contributed by atoms with Gasteiger partial charge in [-0.15, -0.1) is 0 Å². The summed E-state index contributed by atoms with van der Waals surface area (Å²) >= 11 is 0. The molecule has 8 nitrogen and oxygen atoms in total. The first-order valence-electron chi connectivity index (χ1n) is 11.7. The zero-order chi connectivity index (χ0) is 24.1. The quantitative estimate of drug-likeness (QED) is 0.333. The minimum absolute atomic E-state index is 0.209. The van der Waals surface area contributed by atoms with Crippen LogP contribution in [0.3, 0.4) is 0 Å². The number of hydrogen-bond acceptors (Lipinski definition) is 5. The second-order valence-electron chi connectivity index (χ2n) is 8.27. The smallest absolute Gasteiger partial charge is 0.273 e. The van der Waals surface area contributed by atoms with Crippen LogP contribution in [0, 0.1) is 6.92 Å². The third kappa shape index (κ3) is 4.82. The molecule has 4 rings (SSSR count). The van der Waals surface area contributed by atoms with Gasteiger partial charge in [-0.1, -0.05) is 26.0 Å². The molecule has 0 spiro atoms. The van der Waals surface area contributed by atoms with Crippen molar-refractivity contribution in [2.24, 2.45) is 0 Å². The summed E-state index contributed by atoms with van der Waals surface area (Å²) in [7, 11) is 1.68. The van der Waals surface area contributed by atoms with Gasteiger partial charge in [0.2, 0.25) is 0 Å². The number of aryl methyl sites for hydroxylation is 1. The molecule has 178 valence electrons. The van der Waals surface area contributed by atoms with Crippen LogP contribution in [0.1, 0.15) is 36.5 Å². The van der Waals surface area contributed by atoms with Crippen LogP contribution in [0.5, 0.6) is 5.75 Å². The van der Waals surface area contributed by atoms with E-state index in [-0.39, 0.29) is 5.56 Å². The third-order valence-corrected chi connectivity index (χ3v) is 6.37. The highest BCUT2D eigenvalue weighted by molar-refractivity contribution is 5.73. The SMILES string of the molecule is CCN(CC)CCc1c(C)[nH]c(Cc2nccnc2-c2c[nH][nH]c2=O)c1-c1ccc(OC)cc1. The summed E-state index contributed by atoms with van der Waals surface area (Å²) in [5, 5.41) is 5.34. The molecule has 0 aliphatic rings. The Morgan fingerprint density at radius 1 is 1.06 bits per heavy atom. The standard InChI is InChI=1S/C26H32N6O2/c1-5-32(6-2)14-11-20-17(3)30-22(24(20)18-7-9-19(34-4)10-8-18)15-23-25(28-13-12-27-23)21-16-29-31-26(21)33/h7-10,12-13,16,30H,5-6,11,14-15H2,1-4H3,(H2,29,31,33). The first-order chi connectivity index (χ1) is 16.5. The molecule has 1 aromatic carbocycles. The van der Waals surface area contributed by atoms with Crippen molar-refractivity contribution in [2.75, 3.05) is 26.7 Å². The molecule has 0 amide bonds. The number of ether oxygens (including phenoxy) is 1. The number of H-pyrrole nitrogens is 3. The maximum atomic E-state index is 12.3. The van der Waals surface area contributed by atoms with E-state index in [1.165, 1.54) is 11.1 Å². The monoisotopic (exact) mass is 460 g/mol. The number of hydrogen-bond donors (Lipinski definition) is 3. The van der Waals surface area contributed by atoms with Crippen LogP contribution in [0.25, 0.3) is 22.4 Å². The predicted molar refractivity (Wildman–Crippen MR) is 134 cm³/mol. The summed E-state index contributed by atoms with van der Waals surface area (Å²) in [6, 6.07) is 8.17. The van der Waals surface area contributed by atoms with Gasteiger partial charge in [0.1, 0.15) is 5.75 Å². The molecule has 0 aliphatic carbocycles. The molecule has 4 aromatic rings. The van der Waals surface area contributed by atoms with Crippen molar-refractivity contribution in [1.82, 2.24) is 30.0 Å². The van der Waals surface area contributed by atoms with E-state index in [0.29, 0.717) is 17.7 Å². The lowest BCUT2D eigenvalue weighted by Crippen LogP contribution is -2.25. The maximum absolute atomic E-state index is 12.3. The summed E-state index contributed by atoms with van der Waals surface area (Å²) in [4.78, 5) is 27.4. The number of rotatable bonds is 10. The van der Waals surface area contributed by atoms with Gasteiger partial charge >= 0.3 is 0 Å². The molecular formula is C26H32N6O2. The van der Waals surface area contributed by atoms with Crippen molar-refractivity contribution < 1.29 is 4.74 Å².